The Morgan fingerprint density at radius 1 is 1.25 bits per heavy atom. The number of nitrogens with zero attached hydrogens (tertiary/aromatic N) is 1. The maximum Gasteiger partial charge on any atom is 0.130 e. The van der Waals surface area contributed by atoms with Crippen molar-refractivity contribution in [2.75, 3.05) is 18.4 Å². The molecule has 0 atom stereocenters. The lowest BCUT2D eigenvalue weighted by Gasteiger charge is -2.11. The Bertz CT molecular complexity index is 315. The summed E-state index contributed by atoms with van der Waals surface area (Å²) in [4.78, 5) is 4.40. The molecular formula is C12H20BrN3. The molecule has 0 aliphatic carbocycles. The van der Waals surface area contributed by atoms with Crippen LogP contribution in [0.5, 0.6) is 0 Å². The van der Waals surface area contributed by atoms with Gasteiger partial charge in [-0.3, -0.25) is 0 Å². The predicted molar refractivity (Wildman–Crippen MR) is 72.7 cm³/mol. The van der Waals surface area contributed by atoms with Crippen LogP contribution in [0.4, 0.5) is 5.82 Å². The SMILES string of the molecule is CCCNCc1cc(Br)cnc1NCCC. The van der Waals surface area contributed by atoms with Gasteiger partial charge in [-0.25, -0.2) is 4.98 Å². The summed E-state index contributed by atoms with van der Waals surface area (Å²) in [5.74, 6) is 0.994. The lowest BCUT2D eigenvalue weighted by atomic mass is 10.2. The van der Waals surface area contributed by atoms with Crippen LogP contribution in [0.3, 0.4) is 0 Å². The number of rotatable bonds is 7. The highest BCUT2D eigenvalue weighted by Gasteiger charge is 2.03. The van der Waals surface area contributed by atoms with Crippen LogP contribution in [0.1, 0.15) is 32.3 Å². The number of nitrogens with one attached hydrogen (secondary N) is 2. The molecule has 0 aliphatic rings. The van der Waals surface area contributed by atoms with Crippen molar-refractivity contribution in [3.05, 3.63) is 22.3 Å². The molecule has 16 heavy (non-hydrogen) atoms. The van der Waals surface area contributed by atoms with Gasteiger partial charge in [-0.1, -0.05) is 13.8 Å². The van der Waals surface area contributed by atoms with E-state index < -0.39 is 0 Å². The van der Waals surface area contributed by atoms with Crippen molar-refractivity contribution in [1.82, 2.24) is 10.3 Å². The lowest BCUT2D eigenvalue weighted by Crippen LogP contribution is -2.16. The third kappa shape index (κ3) is 4.49. The van der Waals surface area contributed by atoms with Crippen molar-refractivity contribution in [2.45, 2.75) is 33.2 Å². The first kappa shape index (κ1) is 13.5. The zero-order valence-corrected chi connectivity index (χ0v) is 11.6. The molecule has 2 N–H and O–H groups in total. The molecule has 0 fully saturated rings. The summed E-state index contributed by atoms with van der Waals surface area (Å²) in [6.07, 6.45) is 4.10. The number of anilines is 1. The highest BCUT2D eigenvalue weighted by molar-refractivity contribution is 9.10. The largest absolute Gasteiger partial charge is 0.370 e. The summed E-state index contributed by atoms with van der Waals surface area (Å²) in [6.45, 7) is 7.20. The average molecular weight is 286 g/mol. The standard InChI is InChI=1S/C12H20BrN3/c1-3-5-14-8-10-7-11(13)9-16-12(10)15-6-4-2/h7,9,14H,3-6,8H2,1-2H3,(H,15,16). The smallest absolute Gasteiger partial charge is 0.130 e. The third-order valence-corrected chi connectivity index (χ3v) is 2.65. The van der Waals surface area contributed by atoms with Gasteiger partial charge in [0.1, 0.15) is 5.82 Å². The second-order valence-electron chi connectivity index (χ2n) is 3.76. The van der Waals surface area contributed by atoms with E-state index in [0.29, 0.717) is 0 Å². The van der Waals surface area contributed by atoms with Gasteiger partial charge in [-0.15, -0.1) is 0 Å². The third-order valence-electron chi connectivity index (χ3n) is 2.22. The van der Waals surface area contributed by atoms with Crippen molar-refractivity contribution in [3.8, 4) is 0 Å². The zero-order valence-electron chi connectivity index (χ0n) is 10.0. The molecule has 1 heterocycles. The van der Waals surface area contributed by atoms with Gasteiger partial charge < -0.3 is 10.6 Å². The fourth-order valence-corrected chi connectivity index (χ4v) is 1.80. The number of aromatic nitrogens is 1. The van der Waals surface area contributed by atoms with Crippen LogP contribution in [0, 0.1) is 0 Å². The highest BCUT2D eigenvalue weighted by Crippen LogP contribution is 2.17. The zero-order chi connectivity index (χ0) is 11.8. The van der Waals surface area contributed by atoms with E-state index in [4.69, 9.17) is 0 Å². The van der Waals surface area contributed by atoms with Gasteiger partial charge in [-0.2, -0.15) is 0 Å². The van der Waals surface area contributed by atoms with E-state index in [2.05, 4.69) is 51.5 Å². The van der Waals surface area contributed by atoms with Crippen molar-refractivity contribution >= 4 is 21.7 Å². The van der Waals surface area contributed by atoms with Gasteiger partial charge in [0.2, 0.25) is 0 Å². The van der Waals surface area contributed by atoms with E-state index in [9.17, 15) is 0 Å². The second-order valence-corrected chi connectivity index (χ2v) is 4.68. The molecule has 0 saturated carbocycles. The minimum Gasteiger partial charge on any atom is -0.370 e. The first-order valence-electron chi connectivity index (χ1n) is 5.87. The number of halogens is 1. The van der Waals surface area contributed by atoms with Crippen molar-refractivity contribution in [2.24, 2.45) is 0 Å². The predicted octanol–water partition coefficient (Wildman–Crippen LogP) is 3.17. The van der Waals surface area contributed by atoms with Crippen LogP contribution in [-0.2, 0) is 6.54 Å². The fraction of sp³-hybridized carbons (Fsp3) is 0.583. The summed E-state index contributed by atoms with van der Waals surface area (Å²) >= 11 is 3.46. The second kappa shape index (κ2) is 7.63. The van der Waals surface area contributed by atoms with Gasteiger partial charge >= 0.3 is 0 Å². The Morgan fingerprint density at radius 3 is 2.69 bits per heavy atom. The van der Waals surface area contributed by atoms with Gasteiger partial charge in [0.05, 0.1) is 0 Å². The van der Waals surface area contributed by atoms with E-state index in [0.717, 1.165) is 42.8 Å². The Balaban J connectivity index is 2.65. The molecule has 0 bridgehead atoms. The monoisotopic (exact) mass is 285 g/mol. The highest BCUT2D eigenvalue weighted by atomic mass is 79.9. The molecule has 1 aromatic heterocycles. The summed E-state index contributed by atoms with van der Waals surface area (Å²) in [5.41, 5.74) is 1.22. The molecular weight excluding hydrogens is 266 g/mol. The minimum absolute atomic E-state index is 0.867. The van der Waals surface area contributed by atoms with Crippen LogP contribution >= 0.6 is 15.9 Å². The molecule has 0 amide bonds. The Labute approximate surface area is 106 Å². The Hall–Kier alpha value is -0.610. The van der Waals surface area contributed by atoms with Gasteiger partial charge in [0, 0.05) is 29.3 Å². The molecule has 90 valence electrons. The summed E-state index contributed by atoms with van der Waals surface area (Å²) in [6, 6.07) is 2.12. The first-order valence-corrected chi connectivity index (χ1v) is 6.66. The molecule has 0 saturated heterocycles. The van der Waals surface area contributed by atoms with E-state index in [1.165, 1.54) is 5.56 Å². The Morgan fingerprint density at radius 2 is 2.00 bits per heavy atom. The van der Waals surface area contributed by atoms with Crippen molar-refractivity contribution in [1.29, 1.82) is 0 Å². The summed E-state index contributed by atoms with van der Waals surface area (Å²) in [7, 11) is 0. The minimum atomic E-state index is 0.867. The van der Waals surface area contributed by atoms with Gasteiger partial charge in [0.15, 0.2) is 0 Å². The van der Waals surface area contributed by atoms with Crippen LogP contribution in [0.25, 0.3) is 0 Å². The maximum absolute atomic E-state index is 4.40. The molecule has 0 aromatic carbocycles. The van der Waals surface area contributed by atoms with Crippen molar-refractivity contribution < 1.29 is 0 Å². The number of hydrogen-bond acceptors (Lipinski definition) is 3. The van der Waals surface area contributed by atoms with Crippen LogP contribution in [-0.4, -0.2) is 18.1 Å². The molecule has 0 aliphatic heterocycles. The van der Waals surface area contributed by atoms with Crippen LogP contribution < -0.4 is 10.6 Å². The fourth-order valence-electron chi connectivity index (χ4n) is 1.42. The maximum atomic E-state index is 4.40. The molecule has 4 heteroatoms. The van der Waals surface area contributed by atoms with E-state index in [1.54, 1.807) is 0 Å². The van der Waals surface area contributed by atoms with Crippen LogP contribution in [0.2, 0.25) is 0 Å². The summed E-state index contributed by atoms with van der Waals surface area (Å²) < 4.78 is 1.03. The lowest BCUT2D eigenvalue weighted by molar-refractivity contribution is 0.674. The normalized spacial score (nSPS) is 10.4. The molecule has 3 nitrogen and oxygen atoms in total. The van der Waals surface area contributed by atoms with Gasteiger partial charge in [0.25, 0.3) is 0 Å². The Kier molecular flexibility index (Phi) is 6.42. The van der Waals surface area contributed by atoms with Gasteiger partial charge in [-0.05, 0) is 41.4 Å². The molecule has 0 radical (unpaired) electrons. The van der Waals surface area contributed by atoms with Crippen LogP contribution in [0.15, 0.2) is 16.7 Å². The molecule has 1 aromatic rings. The molecule has 0 unspecified atom stereocenters. The van der Waals surface area contributed by atoms with Crippen molar-refractivity contribution in [3.63, 3.8) is 0 Å². The molecule has 0 spiro atoms. The first-order chi connectivity index (χ1) is 7.77. The topological polar surface area (TPSA) is 37.0 Å². The molecule has 1 rings (SSSR count). The van der Waals surface area contributed by atoms with E-state index in [1.807, 2.05) is 6.20 Å². The summed E-state index contributed by atoms with van der Waals surface area (Å²) in [5, 5.41) is 6.74. The number of hydrogen-bond donors (Lipinski definition) is 2. The quantitative estimate of drug-likeness (QED) is 0.756. The number of pyridine rings is 1. The van der Waals surface area contributed by atoms with E-state index >= 15 is 0 Å². The van der Waals surface area contributed by atoms with E-state index in [-0.39, 0.29) is 0 Å². The average Bonchev–Trinajstić information content (AvgIpc) is 2.28.